The van der Waals surface area contributed by atoms with Crippen molar-refractivity contribution in [3.8, 4) is 5.75 Å². The smallest absolute Gasteiger partial charge is 0.270 e. The maximum Gasteiger partial charge on any atom is 0.270 e. The lowest BCUT2D eigenvalue weighted by Crippen LogP contribution is -2.18. The van der Waals surface area contributed by atoms with Crippen molar-refractivity contribution in [2.75, 3.05) is 17.7 Å². The van der Waals surface area contributed by atoms with E-state index in [0.29, 0.717) is 23.7 Å². The molecule has 0 fully saturated rings. The molecule has 146 valence electrons. The second-order valence-electron chi connectivity index (χ2n) is 6.87. The average Bonchev–Trinajstić information content (AvgIpc) is 2.87. The Morgan fingerprint density at radius 3 is 2.63 bits per heavy atom. The number of aromatic amines is 1. The number of nitrogens with zero attached hydrogens (tertiary/aromatic N) is 1. The van der Waals surface area contributed by atoms with Gasteiger partial charge >= 0.3 is 0 Å². The van der Waals surface area contributed by atoms with Crippen LogP contribution in [0.4, 0.5) is 5.82 Å². The molecule has 2 unspecified atom stereocenters. The van der Waals surface area contributed by atoms with E-state index in [0.717, 1.165) is 30.6 Å². The SMILES string of the molecule is CCCOc1ccc(C2SCC(=O)Nc3c2c(=O)[nH]n3C(C)CCC)cc1. The fourth-order valence-corrected chi connectivity index (χ4v) is 4.47. The zero-order valence-electron chi connectivity index (χ0n) is 16.1. The first-order valence-corrected chi connectivity index (χ1v) is 10.6. The van der Waals surface area contributed by atoms with Gasteiger partial charge in [-0.15, -0.1) is 11.8 Å². The molecule has 27 heavy (non-hydrogen) atoms. The van der Waals surface area contributed by atoms with Crippen molar-refractivity contribution >= 4 is 23.5 Å². The third-order valence-electron chi connectivity index (χ3n) is 4.67. The lowest BCUT2D eigenvalue weighted by Gasteiger charge is -2.17. The molecule has 3 rings (SSSR count). The molecular weight excluding hydrogens is 362 g/mol. The number of aromatic nitrogens is 2. The van der Waals surface area contributed by atoms with Crippen molar-refractivity contribution in [1.82, 2.24) is 9.78 Å². The summed E-state index contributed by atoms with van der Waals surface area (Å²) in [5, 5.41) is 5.68. The summed E-state index contributed by atoms with van der Waals surface area (Å²) in [5.74, 6) is 1.65. The Balaban J connectivity index is 1.99. The third kappa shape index (κ3) is 4.24. The summed E-state index contributed by atoms with van der Waals surface area (Å²) in [4.78, 5) is 25.0. The quantitative estimate of drug-likeness (QED) is 0.747. The second-order valence-corrected chi connectivity index (χ2v) is 7.96. The van der Waals surface area contributed by atoms with Crippen molar-refractivity contribution in [3.63, 3.8) is 0 Å². The monoisotopic (exact) mass is 389 g/mol. The molecule has 1 amide bonds. The number of carbonyl (C=O) groups excluding carboxylic acids is 1. The molecule has 2 heterocycles. The van der Waals surface area contributed by atoms with Crippen molar-refractivity contribution in [2.24, 2.45) is 0 Å². The highest BCUT2D eigenvalue weighted by Crippen LogP contribution is 2.40. The van der Waals surface area contributed by atoms with Gasteiger partial charge in [-0.05, 0) is 37.5 Å². The van der Waals surface area contributed by atoms with Crippen LogP contribution in [-0.4, -0.2) is 28.0 Å². The summed E-state index contributed by atoms with van der Waals surface area (Å²) in [5.41, 5.74) is 1.47. The standard InChI is InChI=1S/C20H27N3O3S/c1-4-6-13(3)23-19-17(20(25)22-23)18(27-12-16(24)21-19)14-7-9-15(10-8-14)26-11-5-2/h7-10,13,18H,4-6,11-12H2,1-3H3,(H,21,24)(H,22,25). The highest BCUT2D eigenvalue weighted by molar-refractivity contribution is 8.00. The zero-order chi connectivity index (χ0) is 19.4. The van der Waals surface area contributed by atoms with Crippen LogP contribution in [0, 0.1) is 0 Å². The molecule has 6 nitrogen and oxygen atoms in total. The van der Waals surface area contributed by atoms with Gasteiger partial charge in [0.1, 0.15) is 11.6 Å². The van der Waals surface area contributed by atoms with Gasteiger partial charge in [-0.1, -0.05) is 32.4 Å². The minimum absolute atomic E-state index is 0.0805. The van der Waals surface area contributed by atoms with Gasteiger partial charge in [0.05, 0.1) is 23.2 Å². The summed E-state index contributed by atoms with van der Waals surface area (Å²) in [6.45, 7) is 6.91. The number of hydrogen-bond acceptors (Lipinski definition) is 4. The lowest BCUT2D eigenvalue weighted by molar-refractivity contribution is -0.113. The number of rotatable bonds is 7. The van der Waals surface area contributed by atoms with Gasteiger partial charge in [-0.2, -0.15) is 0 Å². The third-order valence-corrected chi connectivity index (χ3v) is 5.94. The first-order chi connectivity index (χ1) is 13.0. The summed E-state index contributed by atoms with van der Waals surface area (Å²) in [6.07, 6.45) is 2.88. The van der Waals surface area contributed by atoms with Gasteiger partial charge in [-0.25, -0.2) is 0 Å². The van der Waals surface area contributed by atoms with E-state index in [4.69, 9.17) is 4.74 Å². The van der Waals surface area contributed by atoms with Gasteiger partial charge in [0.2, 0.25) is 5.91 Å². The predicted octanol–water partition coefficient (Wildman–Crippen LogP) is 4.10. The molecule has 1 aliphatic heterocycles. The van der Waals surface area contributed by atoms with Crippen molar-refractivity contribution in [1.29, 1.82) is 0 Å². The molecule has 1 aliphatic rings. The summed E-state index contributed by atoms with van der Waals surface area (Å²) >= 11 is 1.48. The molecule has 2 aromatic rings. The highest BCUT2D eigenvalue weighted by atomic mass is 32.2. The number of amides is 1. The van der Waals surface area contributed by atoms with Crippen LogP contribution in [0.15, 0.2) is 29.1 Å². The van der Waals surface area contributed by atoms with Gasteiger partial charge in [-0.3, -0.25) is 19.4 Å². The number of carbonyl (C=O) groups is 1. The molecule has 0 spiro atoms. The average molecular weight is 390 g/mol. The van der Waals surface area contributed by atoms with Gasteiger partial charge in [0.25, 0.3) is 5.56 Å². The molecule has 0 aliphatic carbocycles. The van der Waals surface area contributed by atoms with E-state index in [-0.39, 0.29) is 22.8 Å². The maximum atomic E-state index is 12.8. The van der Waals surface area contributed by atoms with Crippen LogP contribution in [0.2, 0.25) is 0 Å². The Kier molecular flexibility index (Phi) is 6.31. The van der Waals surface area contributed by atoms with Crippen molar-refractivity contribution < 1.29 is 9.53 Å². The molecule has 0 bridgehead atoms. The van der Waals surface area contributed by atoms with Crippen LogP contribution in [0.5, 0.6) is 5.75 Å². The van der Waals surface area contributed by atoms with Crippen LogP contribution >= 0.6 is 11.8 Å². The first-order valence-electron chi connectivity index (χ1n) is 9.53. The molecule has 0 saturated heterocycles. The fourth-order valence-electron chi connectivity index (χ4n) is 3.34. The van der Waals surface area contributed by atoms with E-state index in [1.54, 1.807) is 0 Å². The van der Waals surface area contributed by atoms with E-state index in [1.165, 1.54) is 11.8 Å². The number of ether oxygens (including phenoxy) is 1. The fraction of sp³-hybridized carbons (Fsp3) is 0.500. The minimum atomic E-state index is -0.196. The summed E-state index contributed by atoms with van der Waals surface area (Å²) in [7, 11) is 0. The maximum absolute atomic E-state index is 12.8. The topological polar surface area (TPSA) is 76.1 Å². The first kappa shape index (κ1) is 19.6. The number of nitrogens with one attached hydrogen (secondary N) is 2. The molecule has 0 saturated carbocycles. The predicted molar refractivity (Wildman–Crippen MR) is 110 cm³/mol. The minimum Gasteiger partial charge on any atom is -0.494 e. The number of anilines is 1. The number of benzene rings is 1. The van der Waals surface area contributed by atoms with E-state index < -0.39 is 0 Å². The van der Waals surface area contributed by atoms with Crippen LogP contribution in [0.3, 0.4) is 0 Å². The van der Waals surface area contributed by atoms with Gasteiger partial charge in [0.15, 0.2) is 0 Å². The van der Waals surface area contributed by atoms with E-state index in [9.17, 15) is 9.59 Å². The largest absolute Gasteiger partial charge is 0.494 e. The second kappa shape index (κ2) is 8.69. The zero-order valence-corrected chi connectivity index (χ0v) is 16.9. The Hall–Kier alpha value is -2.15. The van der Waals surface area contributed by atoms with Crippen LogP contribution in [-0.2, 0) is 4.79 Å². The molecule has 2 atom stereocenters. The lowest BCUT2D eigenvalue weighted by atomic mass is 10.1. The summed E-state index contributed by atoms with van der Waals surface area (Å²) < 4.78 is 7.47. The normalized spacial score (nSPS) is 17.7. The Morgan fingerprint density at radius 2 is 1.96 bits per heavy atom. The number of thioether (sulfide) groups is 1. The molecule has 7 heteroatoms. The number of hydrogen-bond donors (Lipinski definition) is 2. The van der Waals surface area contributed by atoms with E-state index in [2.05, 4.69) is 31.2 Å². The van der Waals surface area contributed by atoms with Crippen LogP contribution in [0.1, 0.15) is 62.5 Å². The highest BCUT2D eigenvalue weighted by Gasteiger charge is 2.31. The molecule has 0 radical (unpaired) electrons. The van der Waals surface area contributed by atoms with Gasteiger partial charge in [0, 0.05) is 6.04 Å². The van der Waals surface area contributed by atoms with Crippen LogP contribution in [0.25, 0.3) is 0 Å². The van der Waals surface area contributed by atoms with Crippen molar-refractivity contribution in [3.05, 3.63) is 45.7 Å². The number of H-pyrrole nitrogens is 1. The molecule has 1 aromatic carbocycles. The Bertz CT molecular complexity index is 841. The molecular formula is C20H27N3O3S. The van der Waals surface area contributed by atoms with Gasteiger partial charge < -0.3 is 10.1 Å². The Labute approximate surface area is 163 Å². The van der Waals surface area contributed by atoms with E-state index in [1.807, 2.05) is 28.9 Å². The number of fused-ring (bicyclic) bond motifs is 1. The Morgan fingerprint density at radius 1 is 1.22 bits per heavy atom. The molecule has 2 N–H and O–H groups in total. The van der Waals surface area contributed by atoms with Crippen molar-refractivity contribution in [2.45, 2.75) is 51.3 Å². The summed E-state index contributed by atoms with van der Waals surface area (Å²) in [6, 6.07) is 7.93. The van der Waals surface area contributed by atoms with Crippen LogP contribution < -0.4 is 15.6 Å². The molecule has 1 aromatic heterocycles. The van der Waals surface area contributed by atoms with E-state index >= 15 is 0 Å².